The first-order chi connectivity index (χ1) is 9.69. The first-order valence-corrected chi connectivity index (χ1v) is 8.01. The van der Waals surface area contributed by atoms with E-state index in [1.54, 1.807) is 37.4 Å². The molecule has 1 aromatic heterocycles. The van der Waals surface area contributed by atoms with E-state index >= 15 is 0 Å². The second-order valence-corrected chi connectivity index (χ2v) is 6.11. The van der Waals surface area contributed by atoms with Crippen LogP contribution in [0.15, 0.2) is 40.2 Å². The zero-order valence-corrected chi connectivity index (χ0v) is 12.6. The fraction of sp³-hybridized carbons (Fsp3) is 0.214. The number of thioether (sulfide) groups is 1. The number of thiazole rings is 1. The molecule has 0 fully saturated rings. The van der Waals surface area contributed by atoms with Gasteiger partial charge in [0.05, 0.1) is 5.75 Å². The van der Waals surface area contributed by atoms with Gasteiger partial charge in [0.25, 0.3) is 0 Å². The van der Waals surface area contributed by atoms with Crippen LogP contribution in [0.3, 0.4) is 0 Å². The van der Waals surface area contributed by atoms with Gasteiger partial charge in [-0.2, -0.15) is 0 Å². The second kappa shape index (κ2) is 7.21. The van der Waals surface area contributed by atoms with Crippen molar-refractivity contribution in [3.05, 3.63) is 41.4 Å². The lowest BCUT2D eigenvalue weighted by atomic mass is 10.1. The average Bonchev–Trinajstić information content (AvgIpc) is 2.98. The molecule has 2 rings (SSSR count). The highest BCUT2D eigenvalue weighted by Gasteiger charge is 2.08. The Kier molecular flexibility index (Phi) is 5.31. The predicted octanol–water partition coefficient (Wildman–Crippen LogP) is 3.47. The van der Waals surface area contributed by atoms with Gasteiger partial charge in [-0.1, -0.05) is 18.7 Å². The number of Topliss-reactive ketones (excluding diaryl/α,β-unsaturated/α-hetero) is 1. The van der Waals surface area contributed by atoms with Gasteiger partial charge >= 0.3 is 0 Å². The van der Waals surface area contributed by atoms with Crippen molar-refractivity contribution in [2.45, 2.75) is 17.7 Å². The molecule has 0 aliphatic heterocycles. The van der Waals surface area contributed by atoms with Gasteiger partial charge in [-0.05, 0) is 24.3 Å². The van der Waals surface area contributed by atoms with Crippen LogP contribution in [0.25, 0.3) is 0 Å². The van der Waals surface area contributed by atoms with E-state index in [1.165, 1.54) is 23.1 Å². The SMILES string of the molecule is CCC(=O)Nc1ccc(C(=O)CSc2nccs2)cc1. The molecule has 20 heavy (non-hydrogen) atoms. The Bertz CT molecular complexity index is 580. The van der Waals surface area contributed by atoms with Crippen molar-refractivity contribution >= 4 is 40.5 Å². The molecule has 0 aliphatic carbocycles. The van der Waals surface area contributed by atoms with Gasteiger partial charge in [0, 0.05) is 29.2 Å². The fourth-order valence-electron chi connectivity index (χ4n) is 1.48. The molecule has 2 aromatic rings. The van der Waals surface area contributed by atoms with Gasteiger partial charge in [0.2, 0.25) is 5.91 Å². The molecule has 1 aromatic carbocycles. The maximum atomic E-state index is 12.0. The van der Waals surface area contributed by atoms with Crippen LogP contribution in [0.5, 0.6) is 0 Å². The quantitative estimate of drug-likeness (QED) is 0.656. The first kappa shape index (κ1) is 14.7. The largest absolute Gasteiger partial charge is 0.326 e. The van der Waals surface area contributed by atoms with Gasteiger partial charge in [-0.15, -0.1) is 11.3 Å². The molecule has 0 bridgehead atoms. The molecular formula is C14H14N2O2S2. The van der Waals surface area contributed by atoms with Crippen LogP contribution in [-0.4, -0.2) is 22.4 Å². The van der Waals surface area contributed by atoms with E-state index in [9.17, 15) is 9.59 Å². The van der Waals surface area contributed by atoms with E-state index in [0.29, 0.717) is 23.4 Å². The summed E-state index contributed by atoms with van der Waals surface area (Å²) in [6.45, 7) is 1.79. The Balaban J connectivity index is 1.91. The summed E-state index contributed by atoms with van der Waals surface area (Å²) in [5.41, 5.74) is 1.35. The highest BCUT2D eigenvalue weighted by atomic mass is 32.2. The number of hydrogen-bond donors (Lipinski definition) is 1. The molecule has 6 heteroatoms. The molecule has 0 unspecified atom stereocenters. The summed E-state index contributed by atoms with van der Waals surface area (Å²) in [4.78, 5) is 27.4. The van der Waals surface area contributed by atoms with Crippen LogP contribution < -0.4 is 5.32 Å². The number of aromatic nitrogens is 1. The summed E-state index contributed by atoms with van der Waals surface area (Å²) in [5.74, 6) is 0.385. The van der Waals surface area contributed by atoms with E-state index in [4.69, 9.17) is 0 Å². The second-order valence-electron chi connectivity index (χ2n) is 3.99. The van der Waals surface area contributed by atoms with Crippen molar-refractivity contribution in [3.8, 4) is 0 Å². The lowest BCUT2D eigenvalue weighted by Crippen LogP contribution is -2.09. The Morgan fingerprint density at radius 3 is 2.65 bits per heavy atom. The third-order valence-electron chi connectivity index (χ3n) is 2.55. The van der Waals surface area contributed by atoms with E-state index in [0.717, 1.165) is 4.34 Å². The third-order valence-corrected chi connectivity index (χ3v) is 4.51. The molecule has 0 aliphatic rings. The maximum absolute atomic E-state index is 12.0. The first-order valence-electron chi connectivity index (χ1n) is 6.14. The number of nitrogens with zero attached hydrogens (tertiary/aromatic N) is 1. The summed E-state index contributed by atoms with van der Waals surface area (Å²) in [7, 11) is 0. The molecular weight excluding hydrogens is 292 g/mol. The van der Waals surface area contributed by atoms with Crippen molar-refractivity contribution < 1.29 is 9.59 Å². The third kappa shape index (κ3) is 4.18. The summed E-state index contributed by atoms with van der Waals surface area (Å²) in [6, 6.07) is 6.95. The Morgan fingerprint density at radius 2 is 2.05 bits per heavy atom. The molecule has 0 spiro atoms. The summed E-state index contributed by atoms with van der Waals surface area (Å²) >= 11 is 2.96. The number of anilines is 1. The van der Waals surface area contributed by atoms with Gasteiger partial charge in [-0.25, -0.2) is 4.98 Å². The predicted molar refractivity (Wildman–Crippen MR) is 82.5 cm³/mol. The summed E-state index contributed by atoms with van der Waals surface area (Å²) in [6.07, 6.45) is 2.16. The van der Waals surface area contributed by atoms with Crippen molar-refractivity contribution in [2.24, 2.45) is 0 Å². The van der Waals surface area contributed by atoms with E-state index in [2.05, 4.69) is 10.3 Å². The number of rotatable bonds is 6. The zero-order valence-electron chi connectivity index (χ0n) is 11.0. The topological polar surface area (TPSA) is 59.1 Å². The molecule has 1 heterocycles. The van der Waals surface area contributed by atoms with Gasteiger partial charge in [0.1, 0.15) is 4.34 Å². The number of ketones is 1. The van der Waals surface area contributed by atoms with Crippen molar-refractivity contribution in [1.82, 2.24) is 4.98 Å². The van der Waals surface area contributed by atoms with E-state index < -0.39 is 0 Å². The normalized spacial score (nSPS) is 10.2. The lowest BCUT2D eigenvalue weighted by Gasteiger charge is -2.04. The van der Waals surface area contributed by atoms with Crippen LogP contribution in [-0.2, 0) is 4.79 Å². The Labute approximate surface area is 125 Å². The Morgan fingerprint density at radius 1 is 1.30 bits per heavy atom. The maximum Gasteiger partial charge on any atom is 0.224 e. The molecule has 1 N–H and O–H groups in total. The number of carbonyl (C=O) groups is 2. The van der Waals surface area contributed by atoms with Crippen LogP contribution >= 0.6 is 23.1 Å². The molecule has 0 radical (unpaired) electrons. The molecule has 0 atom stereocenters. The Hall–Kier alpha value is -1.66. The summed E-state index contributed by atoms with van der Waals surface area (Å²) in [5, 5.41) is 4.64. The number of benzene rings is 1. The minimum absolute atomic E-state index is 0.0385. The molecule has 4 nitrogen and oxygen atoms in total. The minimum atomic E-state index is -0.0385. The minimum Gasteiger partial charge on any atom is -0.326 e. The van der Waals surface area contributed by atoms with Crippen molar-refractivity contribution in [1.29, 1.82) is 0 Å². The van der Waals surface area contributed by atoms with Crippen LogP contribution in [0.2, 0.25) is 0 Å². The van der Waals surface area contributed by atoms with Gasteiger partial charge in [-0.3, -0.25) is 9.59 Å². The molecule has 104 valence electrons. The standard InChI is InChI=1S/C14H14N2O2S2/c1-2-13(18)16-11-5-3-10(4-6-11)12(17)9-20-14-15-7-8-19-14/h3-8H,2,9H2,1H3,(H,16,18). The fourth-order valence-corrected chi connectivity index (χ4v) is 3.01. The van der Waals surface area contributed by atoms with Gasteiger partial charge in [0.15, 0.2) is 5.78 Å². The van der Waals surface area contributed by atoms with Gasteiger partial charge < -0.3 is 5.32 Å². The number of amides is 1. The van der Waals surface area contributed by atoms with Crippen LogP contribution in [0.4, 0.5) is 5.69 Å². The van der Waals surface area contributed by atoms with Crippen molar-refractivity contribution in [2.75, 3.05) is 11.1 Å². The highest BCUT2D eigenvalue weighted by Crippen LogP contribution is 2.21. The number of carbonyl (C=O) groups excluding carboxylic acids is 2. The zero-order chi connectivity index (χ0) is 14.4. The molecule has 0 saturated carbocycles. The average molecular weight is 306 g/mol. The number of hydrogen-bond acceptors (Lipinski definition) is 5. The number of nitrogens with one attached hydrogen (secondary N) is 1. The lowest BCUT2D eigenvalue weighted by molar-refractivity contribution is -0.115. The smallest absolute Gasteiger partial charge is 0.224 e. The van der Waals surface area contributed by atoms with E-state index in [1.807, 2.05) is 5.38 Å². The highest BCUT2D eigenvalue weighted by molar-refractivity contribution is 8.01. The summed E-state index contributed by atoms with van der Waals surface area (Å²) < 4.78 is 0.894. The van der Waals surface area contributed by atoms with Crippen LogP contribution in [0.1, 0.15) is 23.7 Å². The van der Waals surface area contributed by atoms with E-state index in [-0.39, 0.29) is 11.7 Å². The molecule has 0 saturated heterocycles. The van der Waals surface area contributed by atoms with Crippen LogP contribution in [0, 0.1) is 0 Å². The molecule has 1 amide bonds. The van der Waals surface area contributed by atoms with Crippen molar-refractivity contribution in [3.63, 3.8) is 0 Å². The monoisotopic (exact) mass is 306 g/mol.